The number of carbonyl (C=O) groups excluding carboxylic acids is 6. The molecule has 8 aromatic rings. The van der Waals surface area contributed by atoms with Crippen molar-refractivity contribution in [3.8, 4) is 23.0 Å². The molecule has 0 unspecified atom stereocenters. The van der Waals surface area contributed by atoms with E-state index in [0.717, 1.165) is 181 Å². The summed E-state index contributed by atoms with van der Waals surface area (Å²) in [6, 6.07) is 47.5. The van der Waals surface area contributed by atoms with Gasteiger partial charge in [-0.25, -0.2) is 8.42 Å². The first kappa shape index (κ1) is 94.2. The number of halogens is 4. The highest BCUT2D eigenvalue weighted by Gasteiger charge is 2.31. The van der Waals surface area contributed by atoms with E-state index in [1.165, 1.54) is 18.2 Å². The molecule has 0 saturated heterocycles. The first-order valence-corrected chi connectivity index (χ1v) is 43.6. The zero-order chi connectivity index (χ0) is 88.0. The number of carboxylic acid groups (broad SMARTS) is 1. The standard InChI is InChI=1S/C25H30ClNO2.C24H27ClN2O5S.C24H26ClNO4.C23H24ClNO4/c1-16-13-19(14-17(2)23(16)26)29-12-8-11-21-20-10-7-6-9-18(20)15-22(21)24(28)27-25(3,4)5;1-15-11-18(12-16(2)23(15)25)32-10-6-9-20-19-8-5-4-7-17(19)13-21(20)24(29)26-14-22(28)27-33(3,30)31;1-15-11-18(12-16(2)23(15)25)30-10-6-9-20-19-8-5-4-7-17(19)13-21(20)24(28)26-14-22(27)29-3;1-14-10-17(11-15(2)22(14)24)29-9-5-8-19-18-7-4-3-6-16(18)12-20(19)23(28)25-13-21(26)27/h6-7,9-10,13-14H,8,11-12,15H2,1-5H3,(H,27,28);4-5,7-8,11-12H,6,9-10,13-14H2,1-3H3,(H,26,29)(H,27,28);4-5,7-8,11-12H,6,9-10,13-14H2,1-3H3,(H,26,28);3-4,6-7,10-11H,5,8-9,12-13H2,1-2H3,(H,25,28)(H,26,27). The van der Waals surface area contributed by atoms with Crippen LogP contribution in [0.25, 0.3) is 22.3 Å². The van der Waals surface area contributed by atoms with Crippen LogP contribution in [-0.2, 0) is 74.0 Å². The molecular weight excluding hydrogens is 1640 g/mol. The zero-order valence-electron chi connectivity index (χ0n) is 70.9. The number of ether oxygens (including phenoxy) is 5. The molecule has 20 nitrogen and oxygen atoms in total. The van der Waals surface area contributed by atoms with E-state index in [4.69, 9.17) is 70.5 Å². The topological polar surface area (TPSA) is 280 Å². The molecular formula is C96H107Cl4N5O15S. The van der Waals surface area contributed by atoms with Crippen LogP contribution in [0.5, 0.6) is 23.0 Å². The fraction of sp³-hybridized carbons (Fsp3) is 0.344. The fourth-order valence-electron chi connectivity index (χ4n) is 15.0. The Labute approximate surface area is 730 Å². The molecule has 25 heteroatoms. The summed E-state index contributed by atoms with van der Waals surface area (Å²) in [7, 11) is -2.37. The minimum absolute atomic E-state index is 0.0357. The Morgan fingerprint density at radius 2 is 0.636 bits per heavy atom. The van der Waals surface area contributed by atoms with Crippen molar-refractivity contribution in [1.29, 1.82) is 0 Å². The number of carbonyl (C=O) groups is 7. The third-order valence-electron chi connectivity index (χ3n) is 20.6. The number of fused-ring (bicyclic) bond motifs is 4. The van der Waals surface area contributed by atoms with Gasteiger partial charge in [-0.1, -0.05) is 143 Å². The highest BCUT2D eigenvalue weighted by molar-refractivity contribution is 7.89. The number of carboxylic acids is 1. The highest BCUT2D eigenvalue weighted by atomic mass is 35.5. The summed E-state index contributed by atoms with van der Waals surface area (Å²) in [6.07, 6.45) is 8.99. The van der Waals surface area contributed by atoms with Crippen LogP contribution in [0.15, 0.2) is 168 Å². The van der Waals surface area contributed by atoms with Gasteiger partial charge < -0.3 is 50.1 Å². The lowest BCUT2D eigenvalue weighted by molar-refractivity contribution is -0.140. The lowest BCUT2D eigenvalue weighted by atomic mass is 10.00. The monoisotopic (exact) mass is 1740 g/mol. The molecule has 0 heterocycles. The van der Waals surface area contributed by atoms with Gasteiger partial charge >= 0.3 is 11.9 Å². The Bertz CT molecular complexity index is 5400. The van der Waals surface area contributed by atoms with Crippen molar-refractivity contribution in [3.63, 3.8) is 0 Å². The molecule has 0 fully saturated rings. The van der Waals surface area contributed by atoms with E-state index in [0.29, 0.717) is 94.5 Å². The number of benzene rings is 8. The van der Waals surface area contributed by atoms with Gasteiger partial charge in [0.2, 0.25) is 33.7 Å². The number of esters is 1. The number of hydrogen-bond donors (Lipinski definition) is 6. The SMILES string of the molecule is COC(=O)CNC(=O)C1=C(CCCOc2cc(C)c(Cl)c(C)c2)c2ccccc2C1.Cc1cc(OCCCC2=C(C(=O)NC(C)(C)C)Cc3ccccc32)cc(C)c1Cl.Cc1cc(OCCCC2=C(C(=O)NCC(=O)NS(C)(=O)=O)Cc3ccccc32)cc(C)c1Cl.Cc1cc(OCCCC2=C(C(=O)NCC(=O)O)Cc3ccccc32)cc(C)c1Cl. The number of nitrogens with one attached hydrogen (secondary N) is 5. The van der Waals surface area contributed by atoms with Crippen molar-refractivity contribution >= 4 is 120 Å². The van der Waals surface area contributed by atoms with Crippen molar-refractivity contribution in [2.45, 2.75) is 159 Å². The molecule has 12 rings (SSSR count). The van der Waals surface area contributed by atoms with E-state index < -0.39 is 34.4 Å². The van der Waals surface area contributed by atoms with Crippen molar-refractivity contribution < 1.29 is 70.8 Å². The molecule has 4 aliphatic rings. The largest absolute Gasteiger partial charge is 0.494 e. The van der Waals surface area contributed by atoms with Gasteiger partial charge in [-0.3, -0.25) is 38.3 Å². The van der Waals surface area contributed by atoms with Gasteiger partial charge in [-0.2, -0.15) is 0 Å². The van der Waals surface area contributed by atoms with Crippen molar-refractivity contribution in [1.82, 2.24) is 26.0 Å². The predicted molar refractivity (Wildman–Crippen MR) is 480 cm³/mol. The normalized spacial score (nSPS) is 12.9. The average molecular weight is 1740 g/mol. The van der Waals surface area contributed by atoms with E-state index in [2.05, 4.69) is 38.1 Å². The molecule has 4 aliphatic carbocycles. The van der Waals surface area contributed by atoms with Crippen LogP contribution < -0.4 is 44.9 Å². The summed E-state index contributed by atoms with van der Waals surface area (Å²) in [6.45, 7) is 22.9. The molecule has 0 saturated carbocycles. The summed E-state index contributed by atoms with van der Waals surface area (Å²) in [5, 5.41) is 22.7. The number of aryl methyl sites for hydroxylation is 8. The summed E-state index contributed by atoms with van der Waals surface area (Å²) >= 11 is 24.9. The molecule has 0 bridgehead atoms. The van der Waals surface area contributed by atoms with Gasteiger partial charge in [0.15, 0.2) is 0 Å². The van der Waals surface area contributed by atoms with Gasteiger partial charge in [-0.15, -0.1) is 0 Å². The Balaban J connectivity index is 0.000000184. The Morgan fingerprint density at radius 3 is 0.884 bits per heavy atom. The number of amides is 5. The lowest BCUT2D eigenvalue weighted by Gasteiger charge is -2.21. The Kier molecular flexibility index (Phi) is 34.0. The van der Waals surface area contributed by atoms with Crippen LogP contribution in [0.3, 0.4) is 0 Å². The summed E-state index contributed by atoms with van der Waals surface area (Å²) in [4.78, 5) is 84.8. The van der Waals surface area contributed by atoms with Crippen molar-refractivity contribution in [2.75, 3.05) is 59.4 Å². The minimum Gasteiger partial charge on any atom is -0.494 e. The molecule has 6 N–H and O–H groups in total. The maximum Gasteiger partial charge on any atom is 0.325 e. The third kappa shape index (κ3) is 26.9. The third-order valence-corrected chi connectivity index (χ3v) is 23.6. The Morgan fingerprint density at radius 1 is 0.388 bits per heavy atom. The van der Waals surface area contributed by atoms with E-state index in [9.17, 15) is 42.0 Å². The molecule has 640 valence electrons. The van der Waals surface area contributed by atoms with Crippen LogP contribution in [-0.4, -0.2) is 120 Å². The second-order valence-electron chi connectivity index (χ2n) is 31.5. The van der Waals surface area contributed by atoms with Crippen LogP contribution >= 0.6 is 46.4 Å². The Hall–Kier alpha value is -10.7. The summed E-state index contributed by atoms with van der Waals surface area (Å²) in [5.41, 5.74) is 23.4. The number of methoxy groups -OCH3 is 1. The quantitative estimate of drug-likeness (QED) is 0.0174. The number of hydrogen-bond acceptors (Lipinski definition) is 14. The average Bonchev–Trinajstić information content (AvgIpc) is 1.66. The maximum atomic E-state index is 12.9. The van der Waals surface area contributed by atoms with Crippen molar-refractivity contribution in [2.24, 2.45) is 0 Å². The van der Waals surface area contributed by atoms with Crippen LogP contribution in [0, 0.1) is 55.4 Å². The fourth-order valence-corrected chi connectivity index (χ4v) is 15.9. The number of sulfonamides is 1. The number of rotatable bonds is 31. The minimum atomic E-state index is -3.67. The van der Waals surface area contributed by atoms with Crippen LogP contribution in [0.1, 0.15) is 161 Å². The first-order chi connectivity index (χ1) is 57.5. The first-order valence-electron chi connectivity index (χ1n) is 40.2. The molecule has 0 atom stereocenters. The molecule has 121 heavy (non-hydrogen) atoms. The van der Waals surface area contributed by atoms with E-state index in [1.807, 2.05) is 214 Å². The lowest BCUT2D eigenvalue weighted by Crippen LogP contribution is -2.41. The second kappa shape index (κ2) is 43.7. The van der Waals surface area contributed by atoms with E-state index >= 15 is 0 Å². The van der Waals surface area contributed by atoms with Gasteiger partial charge in [0.25, 0.3) is 5.91 Å². The molecule has 0 spiro atoms. The highest BCUT2D eigenvalue weighted by Crippen LogP contribution is 2.41. The number of allylic oxidation sites excluding steroid dienone is 4. The molecule has 8 aromatic carbocycles. The van der Waals surface area contributed by atoms with Gasteiger partial charge in [0.1, 0.15) is 36.1 Å². The maximum absolute atomic E-state index is 12.9. The predicted octanol–water partition coefficient (Wildman–Crippen LogP) is 18.1. The smallest absolute Gasteiger partial charge is 0.325 e. The van der Waals surface area contributed by atoms with Crippen molar-refractivity contribution in [3.05, 3.63) is 277 Å². The van der Waals surface area contributed by atoms with Gasteiger partial charge in [-0.05, 0) is 287 Å². The van der Waals surface area contributed by atoms with E-state index in [-0.39, 0.29) is 42.3 Å². The zero-order valence-corrected chi connectivity index (χ0v) is 74.7. The molecule has 5 amide bonds. The second-order valence-corrected chi connectivity index (χ2v) is 34.7. The number of aliphatic carboxylic acids is 1. The molecule has 0 aromatic heterocycles. The molecule has 0 radical (unpaired) electrons. The van der Waals surface area contributed by atoms with Gasteiger partial charge in [0, 0.05) is 73.6 Å². The van der Waals surface area contributed by atoms with Crippen LogP contribution in [0.4, 0.5) is 0 Å². The summed E-state index contributed by atoms with van der Waals surface area (Å²) in [5.74, 6) is -0.0218. The van der Waals surface area contributed by atoms with Gasteiger partial charge in [0.05, 0.1) is 46.3 Å². The van der Waals surface area contributed by atoms with Crippen LogP contribution in [0.2, 0.25) is 20.1 Å². The molecule has 0 aliphatic heterocycles. The van der Waals surface area contributed by atoms with E-state index in [1.54, 1.807) is 0 Å². The summed E-state index contributed by atoms with van der Waals surface area (Å²) < 4.78 is 52.5.